The van der Waals surface area contributed by atoms with E-state index in [-0.39, 0.29) is 30.2 Å². The number of anilines is 2. The maximum Gasteiger partial charge on any atom is 0.258 e. The Balaban J connectivity index is 1.15. The molecule has 9 nitrogen and oxygen atoms in total. The Hall–Kier alpha value is -5.45. The van der Waals surface area contributed by atoms with Gasteiger partial charge in [-0.25, -0.2) is 9.29 Å². The van der Waals surface area contributed by atoms with Gasteiger partial charge in [0.2, 0.25) is 11.8 Å². The number of aromatic hydroxyl groups is 1. The second-order valence-electron chi connectivity index (χ2n) is 13.9. The van der Waals surface area contributed by atoms with Crippen molar-refractivity contribution in [3.05, 3.63) is 125 Å². The number of fused-ring (bicyclic) bond motifs is 4. The highest BCUT2D eigenvalue weighted by Crippen LogP contribution is 2.66. The van der Waals surface area contributed by atoms with E-state index in [1.165, 1.54) is 29.2 Å². The fourth-order valence-electron chi connectivity index (χ4n) is 8.62. The van der Waals surface area contributed by atoms with Gasteiger partial charge in [0.15, 0.2) is 9.75 Å². The first-order chi connectivity index (χ1) is 25.9. The molecule has 54 heavy (non-hydrogen) atoms. The van der Waals surface area contributed by atoms with Crippen LogP contribution >= 0.6 is 23.2 Å². The molecular weight excluding hydrogens is 734 g/mol. The SMILES string of the molecule is COc1ccc(OC)c(C=Cc2ccc(N3C(=O)[C@H]4[C@H](CC=C5[C@H]4C[C@@]4(Cl)C(=O)N(c6ccc(F)cc6)C(=O)[C@@]4(Cl)[C@H]5c4cccc(O)c4)C3=O)cc2)c1. The summed E-state index contributed by atoms with van der Waals surface area (Å²) in [5.74, 6) is -5.25. The minimum atomic E-state index is -2.09. The largest absolute Gasteiger partial charge is 0.508 e. The summed E-state index contributed by atoms with van der Waals surface area (Å²) in [5, 5.41) is 10.5. The van der Waals surface area contributed by atoms with Gasteiger partial charge in [0.05, 0.1) is 37.4 Å². The number of hydrogen-bond donors (Lipinski definition) is 1. The molecule has 1 saturated carbocycles. The van der Waals surface area contributed by atoms with Gasteiger partial charge in [-0.05, 0) is 96.6 Å². The van der Waals surface area contributed by atoms with Crippen LogP contribution in [-0.4, -0.2) is 52.7 Å². The Bertz CT molecular complexity index is 2290. The first-order valence-electron chi connectivity index (χ1n) is 17.3. The molecule has 0 radical (unpaired) electrons. The number of nitrogens with zero attached hydrogens (tertiary/aromatic N) is 2. The Labute approximate surface area is 320 Å². The molecule has 0 spiro atoms. The molecule has 2 aliphatic heterocycles. The molecule has 0 unspecified atom stereocenters. The highest BCUT2D eigenvalue weighted by molar-refractivity contribution is 6.58. The first-order valence-corrected chi connectivity index (χ1v) is 18.1. The van der Waals surface area contributed by atoms with Crippen LogP contribution in [0.5, 0.6) is 17.2 Å². The number of methoxy groups -OCH3 is 2. The van der Waals surface area contributed by atoms with E-state index in [2.05, 4.69) is 0 Å². The molecule has 0 bridgehead atoms. The Morgan fingerprint density at radius 2 is 1.50 bits per heavy atom. The van der Waals surface area contributed by atoms with E-state index in [1.807, 2.05) is 30.4 Å². The van der Waals surface area contributed by atoms with Gasteiger partial charge in [-0.15, -0.1) is 23.2 Å². The molecule has 12 heteroatoms. The van der Waals surface area contributed by atoms with Crippen molar-refractivity contribution < 1.29 is 38.1 Å². The average Bonchev–Trinajstić information content (AvgIpc) is 3.51. The van der Waals surface area contributed by atoms with E-state index in [0.717, 1.165) is 28.2 Å². The van der Waals surface area contributed by atoms with E-state index in [9.17, 15) is 28.7 Å². The number of rotatable bonds is 7. The fraction of sp³-hybridized carbons (Fsp3) is 0.238. The van der Waals surface area contributed by atoms with Gasteiger partial charge < -0.3 is 14.6 Å². The van der Waals surface area contributed by atoms with Crippen molar-refractivity contribution in [2.24, 2.45) is 17.8 Å². The van der Waals surface area contributed by atoms with Gasteiger partial charge in [-0.1, -0.05) is 48.1 Å². The zero-order valence-electron chi connectivity index (χ0n) is 29.0. The first kappa shape index (κ1) is 35.6. The van der Waals surface area contributed by atoms with Gasteiger partial charge in [0, 0.05) is 11.5 Å². The number of ether oxygens (including phenoxy) is 2. The van der Waals surface area contributed by atoms with Crippen LogP contribution in [-0.2, 0) is 19.2 Å². The summed E-state index contributed by atoms with van der Waals surface area (Å²) in [6.07, 6.45) is 5.55. The van der Waals surface area contributed by atoms with Crippen molar-refractivity contribution >= 4 is 70.4 Å². The number of carbonyl (C=O) groups excluding carboxylic acids is 4. The number of carbonyl (C=O) groups is 4. The molecular formula is C42H33Cl2FN2O7. The lowest BCUT2D eigenvalue weighted by molar-refractivity contribution is -0.125. The number of allylic oxidation sites excluding steroid dienone is 2. The third kappa shape index (κ3) is 5.26. The molecule has 4 aliphatic rings. The zero-order valence-corrected chi connectivity index (χ0v) is 30.6. The predicted octanol–water partition coefficient (Wildman–Crippen LogP) is 7.49. The van der Waals surface area contributed by atoms with E-state index in [4.69, 9.17) is 32.7 Å². The van der Waals surface area contributed by atoms with Crippen LogP contribution in [0, 0.1) is 23.6 Å². The van der Waals surface area contributed by atoms with Crippen molar-refractivity contribution in [3.8, 4) is 17.2 Å². The second kappa shape index (κ2) is 13.1. The number of hydrogen-bond acceptors (Lipinski definition) is 7. The van der Waals surface area contributed by atoms with Crippen LogP contribution < -0.4 is 19.3 Å². The standard InChI is InChI=1S/C42H33Cl2FN2O7/c1-53-30-16-19-34(54-2)24(21-30)9-6-23-7-12-27(13-8-23)46-37(49)32-18-17-31-33(35(32)38(46)50)22-41(43)39(51)47(28-14-10-26(45)11-15-28)40(52)42(41,44)36(31)25-4-3-5-29(48)20-25/h3-17,19-21,32-33,35-36,48H,18,22H2,1-2H3/t32-,33+,35-,36-,41+,42-/m0/s1. The van der Waals surface area contributed by atoms with Gasteiger partial charge in [0.25, 0.3) is 11.8 Å². The van der Waals surface area contributed by atoms with Crippen LogP contribution in [0.3, 0.4) is 0 Å². The summed E-state index contributed by atoms with van der Waals surface area (Å²) in [6, 6.07) is 23.5. The van der Waals surface area contributed by atoms with Crippen molar-refractivity contribution in [2.45, 2.75) is 28.5 Å². The highest BCUT2D eigenvalue weighted by Gasteiger charge is 2.76. The van der Waals surface area contributed by atoms with E-state index in [1.54, 1.807) is 56.7 Å². The Morgan fingerprint density at radius 1 is 0.796 bits per heavy atom. The zero-order chi connectivity index (χ0) is 38.1. The topological polar surface area (TPSA) is 113 Å². The molecule has 4 aromatic rings. The summed E-state index contributed by atoms with van der Waals surface area (Å²) in [7, 11) is 3.17. The molecule has 2 saturated heterocycles. The number of alkyl halides is 2. The molecule has 4 aromatic carbocycles. The number of phenols is 1. The lowest BCUT2D eigenvalue weighted by Crippen LogP contribution is -2.60. The number of halogens is 3. The lowest BCUT2D eigenvalue weighted by atomic mass is 9.56. The van der Waals surface area contributed by atoms with Crippen molar-refractivity contribution in [1.29, 1.82) is 0 Å². The van der Waals surface area contributed by atoms with Gasteiger partial charge >= 0.3 is 0 Å². The minimum absolute atomic E-state index is 0.0876. The van der Waals surface area contributed by atoms with E-state index in [0.29, 0.717) is 28.3 Å². The van der Waals surface area contributed by atoms with Crippen LogP contribution in [0.25, 0.3) is 12.2 Å². The highest BCUT2D eigenvalue weighted by atomic mass is 35.5. The number of phenolic OH excluding ortho intramolecular Hbond substituents is 1. The Morgan fingerprint density at radius 3 is 2.19 bits per heavy atom. The molecule has 6 atom stereocenters. The monoisotopic (exact) mass is 766 g/mol. The van der Waals surface area contributed by atoms with Gasteiger partial charge in [-0.3, -0.25) is 24.1 Å². The minimum Gasteiger partial charge on any atom is -0.508 e. The van der Waals surface area contributed by atoms with E-state index >= 15 is 0 Å². The molecule has 274 valence electrons. The van der Waals surface area contributed by atoms with Crippen LogP contribution in [0.4, 0.5) is 15.8 Å². The van der Waals surface area contributed by atoms with E-state index < -0.39 is 57.0 Å². The maximum atomic E-state index is 14.5. The predicted molar refractivity (Wildman–Crippen MR) is 202 cm³/mol. The van der Waals surface area contributed by atoms with Crippen LogP contribution in [0.1, 0.15) is 35.4 Å². The van der Waals surface area contributed by atoms with Crippen molar-refractivity contribution in [1.82, 2.24) is 0 Å². The van der Waals surface area contributed by atoms with Crippen molar-refractivity contribution in [2.75, 3.05) is 24.0 Å². The van der Waals surface area contributed by atoms with Crippen LogP contribution in [0.15, 0.2) is 103 Å². The second-order valence-corrected chi connectivity index (χ2v) is 15.1. The smallest absolute Gasteiger partial charge is 0.258 e. The summed E-state index contributed by atoms with van der Waals surface area (Å²) in [6.45, 7) is 0. The maximum absolute atomic E-state index is 14.5. The molecule has 3 fully saturated rings. The molecule has 8 rings (SSSR count). The normalized spacial score (nSPS) is 27.5. The van der Waals surface area contributed by atoms with Gasteiger partial charge in [0.1, 0.15) is 23.1 Å². The summed E-state index contributed by atoms with van der Waals surface area (Å²) < 4.78 is 24.7. The third-order valence-electron chi connectivity index (χ3n) is 11.1. The fourth-order valence-corrected chi connectivity index (χ4v) is 9.56. The van der Waals surface area contributed by atoms with Gasteiger partial charge in [-0.2, -0.15) is 0 Å². The van der Waals surface area contributed by atoms with Crippen LogP contribution in [0.2, 0.25) is 0 Å². The number of imide groups is 2. The molecule has 2 heterocycles. The molecule has 1 N–H and O–H groups in total. The number of benzene rings is 4. The number of amides is 4. The summed E-state index contributed by atoms with van der Waals surface area (Å²) in [5.41, 5.74) is 3.09. The molecule has 2 aliphatic carbocycles. The Kier molecular flexibility index (Phi) is 8.66. The third-order valence-corrected chi connectivity index (χ3v) is 12.6. The quantitative estimate of drug-likeness (QED) is 0.0898. The van der Waals surface area contributed by atoms with Crippen molar-refractivity contribution in [3.63, 3.8) is 0 Å². The average molecular weight is 768 g/mol. The molecule has 0 aromatic heterocycles. The lowest BCUT2D eigenvalue weighted by Gasteiger charge is -2.50. The molecule has 4 amide bonds. The summed E-state index contributed by atoms with van der Waals surface area (Å²) in [4.78, 5) is 55.3. The summed E-state index contributed by atoms with van der Waals surface area (Å²) >= 11 is 14.8.